The number of hydrogen-bond donors (Lipinski definition) is 1. The zero-order valence-corrected chi connectivity index (χ0v) is 12.2. The first-order valence-corrected chi connectivity index (χ1v) is 8.10. The minimum absolute atomic E-state index is 0.345. The van der Waals surface area contributed by atoms with E-state index in [1.807, 2.05) is 0 Å². The first-order chi connectivity index (χ1) is 8.18. The third-order valence-electron chi connectivity index (χ3n) is 5.43. The molecule has 0 unspecified atom stereocenters. The van der Waals surface area contributed by atoms with Gasteiger partial charge in [0.2, 0.25) is 0 Å². The van der Waals surface area contributed by atoms with Crippen molar-refractivity contribution in [3.63, 3.8) is 0 Å². The summed E-state index contributed by atoms with van der Waals surface area (Å²) in [6.45, 7) is 2.20. The third-order valence-corrected chi connectivity index (χ3v) is 7.06. The summed E-state index contributed by atoms with van der Waals surface area (Å²) in [4.78, 5) is 0. The van der Waals surface area contributed by atoms with Crippen molar-refractivity contribution in [3.05, 3.63) is 0 Å². The Morgan fingerprint density at radius 3 is 2.94 bits per heavy atom. The largest absolute Gasteiger partial charge is 0.368 e. The quantitative estimate of drug-likeness (QED) is 0.627. The number of aliphatic hydroxyl groups is 1. The number of halogens is 1. The number of unbranched alkanes of at least 4 members (excludes halogenated alkanes) is 1. The topological polar surface area (TPSA) is 38.7 Å². The lowest BCUT2D eigenvalue weighted by Gasteiger charge is -2.30. The number of fused-ring (bicyclic) bond motifs is 2. The molecule has 17 heavy (non-hydrogen) atoms. The maximum Gasteiger partial charge on any atom is 0.175 e. The highest BCUT2D eigenvalue weighted by molar-refractivity contribution is 14.1. The fourth-order valence-corrected chi connectivity index (χ4v) is 6.35. The molecule has 2 aliphatic heterocycles. The molecule has 4 aliphatic rings. The van der Waals surface area contributed by atoms with Gasteiger partial charge in [-0.05, 0) is 24.7 Å². The Hall–Kier alpha value is 0.610. The van der Waals surface area contributed by atoms with Gasteiger partial charge < -0.3 is 14.6 Å². The van der Waals surface area contributed by atoms with E-state index in [0.29, 0.717) is 33.7 Å². The maximum atomic E-state index is 10.2. The predicted octanol–water partition coefficient (Wildman–Crippen LogP) is 2.31. The van der Waals surface area contributed by atoms with Crippen molar-refractivity contribution in [3.8, 4) is 0 Å². The minimum atomic E-state index is -0.578. The zero-order chi connectivity index (χ0) is 11.8. The fourth-order valence-electron chi connectivity index (χ4n) is 4.90. The van der Waals surface area contributed by atoms with E-state index in [0.717, 1.165) is 19.3 Å². The van der Waals surface area contributed by atoms with Gasteiger partial charge in [-0.3, -0.25) is 0 Å². The van der Waals surface area contributed by atoms with Gasteiger partial charge in [-0.1, -0.05) is 35.9 Å². The maximum absolute atomic E-state index is 10.2. The van der Waals surface area contributed by atoms with Crippen LogP contribution in [0.15, 0.2) is 0 Å². The van der Waals surface area contributed by atoms with Gasteiger partial charge in [0.05, 0.1) is 6.10 Å². The summed E-state index contributed by atoms with van der Waals surface area (Å²) < 4.78 is 12.8. The Morgan fingerprint density at radius 2 is 2.18 bits per heavy atom. The molecule has 2 bridgehead atoms. The lowest BCUT2D eigenvalue weighted by Crippen LogP contribution is -2.38. The minimum Gasteiger partial charge on any atom is -0.368 e. The Labute approximate surface area is 115 Å². The predicted molar refractivity (Wildman–Crippen MR) is 70.6 cm³/mol. The molecule has 4 heteroatoms. The molecule has 2 heterocycles. The zero-order valence-electron chi connectivity index (χ0n) is 10.0. The van der Waals surface area contributed by atoms with E-state index in [9.17, 15) is 5.11 Å². The van der Waals surface area contributed by atoms with E-state index in [2.05, 4.69) is 29.5 Å². The molecule has 4 rings (SSSR count). The summed E-state index contributed by atoms with van der Waals surface area (Å²) in [6.07, 6.45) is 4.32. The summed E-state index contributed by atoms with van der Waals surface area (Å²) >= 11 is 2.53. The summed E-state index contributed by atoms with van der Waals surface area (Å²) in [6, 6.07) is 0. The second-order valence-corrected chi connectivity index (χ2v) is 7.56. The van der Waals surface area contributed by atoms with Crippen LogP contribution < -0.4 is 0 Å². The van der Waals surface area contributed by atoms with Crippen LogP contribution in [0.2, 0.25) is 0 Å². The number of alkyl halides is 1. The van der Waals surface area contributed by atoms with Crippen LogP contribution in [-0.4, -0.2) is 27.2 Å². The van der Waals surface area contributed by atoms with Crippen LogP contribution >= 0.6 is 22.6 Å². The van der Waals surface area contributed by atoms with E-state index in [4.69, 9.17) is 9.47 Å². The van der Waals surface area contributed by atoms with Crippen LogP contribution in [0.3, 0.4) is 0 Å². The van der Waals surface area contributed by atoms with Gasteiger partial charge in [0.25, 0.3) is 0 Å². The Morgan fingerprint density at radius 1 is 1.35 bits per heavy atom. The molecule has 0 aromatic heterocycles. The average molecular weight is 350 g/mol. The molecule has 8 atom stereocenters. The second kappa shape index (κ2) is 3.58. The van der Waals surface area contributed by atoms with Crippen molar-refractivity contribution < 1.29 is 14.6 Å². The molecule has 0 radical (unpaired) electrons. The van der Waals surface area contributed by atoms with Crippen molar-refractivity contribution in [2.45, 2.75) is 54.7 Å². The molecule has 96 valence electrons. The van der Waals surface area contributed by atoms with Gasteiger partial charge in [-0.25, -0.2) is 0 Å². The van der Waals surface area contributed by atoms with Gasteiger partial charge in [0.15, 0.2) is 12.1 Å². The SMILES string of the molecule is CCCC[C@@]12O[C@@H]3[C@@H](I)[C@H]4C[C@@H]3[C@@H]1[C@@H]4[C@@H](O)O2. The molecular weight excluding hydrogens is 331 g/mol. The summed E-state index contributed by atoms with van der Waals surface area (Å²) in [7, 11) is 0. The van der Waals surface area contributed by atoms with Gasteiger partial charge in [0, 0.05) is 22.2 Å². The third kappa shape index (κ3) is 1.23. The number of rotatable bonds is 3. The Bertz CT molecular complexity index is 350. The van der Waals surface area contributed by atoms with E-state index in [-0.39, 0.29) is 0 Å². The van der Waals surface area contributed by atoms with Gasteiger partial charge in [0.1, 0.15) is 0 Å². The van der Waals surface area contributed by atoms with Crippen LogP contribution in [0, 0.1) is 23.7 Å². The lowest BCUT2D eigenvalue weighted by molar-refractivity contribution is -0.273. The first-order valence-electron chi connectivity index (χ1n) is 6.86. The molecule has 0 aromatic carbocycles. The summed E-state index contributed by atoms with van der Waals surface area (Å²) in [5.74, 6) is 1.67. The summed E-state index contributed by atoms with van der Waals surface area (Å²) in [5.41, 5.74) is 0. The van der Waals surface area contributed by atoms with E-state index in [1.54, 1.807) is 0 Å². The molecule has 2 saturated heterocycles. The van der Waals surface area contributed by atoms with E-state index in [1.165, 1.54) is 6.42 Å². The average Bonchev–Trinajstić information content (AvgIpc) is 2.94. The molecule has 0 amide bonds. The molecule has 4 fully saturated rings. The highest BCUT2D eigenvalue weighted by Crippen LogP contribution is 2.70. The van der Waals surface area contributed by atoms with Crippen LogP contribution in [-0.2, 0) is 9.47 Å². The Balaban J connectivity index is 1.71. The molecule has 0 aromatic rings. The highest BCUT2D eigenvalue weighted by Gasteiger charge is 2.75. The molecule has 1 N–H and O–H groups in total. The lowest BCUT2D eigenvalue weighted by atomic mass is 9.77. The van der Waals surface area contributed by atoms with Gasteiger partial charge >= 0.3 is 0 Å². The Kier molecular flexibility index (Phi) is 2.41. The van der Waals surface area contributed by atoms with Crippen LogP contribution in [0.25, 0.3) is 0 Å². The monoisotopic (exact) mass is 350 g/mol. The van der Waals surface area contributed by atoms with Gasteiger partial charge in [-0.15, -0.1) is 0 Å². The second-order valence-electron chi connectivity index (χ2n) is 6.12. The number of ether oxygens (including phenoxy) is 2. The van der Waals surface area contributed by atoms with Crippen molar-refractivity contribution >= 4 is 22.6 Å². The van der Waals surface area contributed by atoms with Crippen LogP contribution in [0.4, 0.5) is 0 Å². The van der Waals surface area contributed by atoms with Crippen LogP contribution in [0.5, 0.6) is 0 Å². The molecule has 2 aliphatic carbocycles. The fraction of sp³-hybridized carbons (Fsp3) is 1.00. The van der Waals surface area contributed by atoms with Crippen molar-refractivity contribution in [1.82, 2.24) is 0 Å². The first kappa shape index (κ1) is 11.4. The van der Waals surface area contributed by atoms with Crippen LogP contribution in [0.1, 0.15) is 32.6 Å². The van der Waals surface area contributed by atoms with E-state index < -0.39 is 12.1 Å². The highest BCUT2D eigenvalue weighted by atomic mass is 127. The molecular formula is C13H19IO3. The normalized spacial score (nSPS) is 62.6. The summed E-state index contributed by atoms with van der Waals surface area (Å²) in [5, 5.41) is 10.2. The standard InChI is InChI=1S/C13H19IO3/c1-2-3-4-13-9-7-5-6(8(9)12(15)17-13)10(14)11(7)16-13/h6-12,15H,2-5H2,1H3/t6-,7+,8+,9+,10-,11-,12-,13-/m0/s1. The smallest absolute Gasteiger partial charge is 0.175 e. The van der Waals surface area contributed by atoms with Crippen molar-refractivity contribution in [2.24, 2.45) is 23.7 Å². The molecule has 2 saturated carbocycles. The van der Waals surface area contributed by atoms with Crippen molar-refractivity contribution in [1.29, 1.82) is 0 Å². The molecule has 0 spiro atoms. The van der Waals surface area contributed by atoms with E-state index >= 15 is 0 Å². The van der Waals surface area contributed by atoms with Crippen molar-refractivity contribution in [2.75, 3.05) is 0 Å². The number of hydrogen-bond acceptors (Lipinski definition) is 3. The van der Waals surface area contributed by atoms with Gasteiger partial charge in [-0.2, -0.15) is 0 Å². The molecule has 3 nitrogen and oxygen atoms in total. The number of aliphatic hydroxyl groups excluding tert-OH is 1.